The Bertz CT molecular complexity index is 654. The lowest BCUT2D eigenvalue weighted by Gasteiger charge is -2.19. The van der Waals surface area contributed by atoms with Crippen molar-refractivity contribution in [3.05, 3.63) is 90.5 Å². The molecule has 1 atom stereocenters. The smallest absolute Gasteiger partial charge is 0.0622 e. The summed E-state index contributed by atoms with van der Waals surface area (Å²) in [5, 5.41) is 4.31. The SMILES string of the molecule is [PH3+]c1ccccc1CP(c1ccccc1)c1ccccc1. The van der Waals surface area contributed by atoms with Crippen LogP contribution in [0.15, 0.2) is 84.9 Å². The molecule has 0 spiro atoms. The third kappa shape index (κ3) is 3.59. The van der Waals surface area contributed by atoms with Crippen molar-refractivity contribution in [1.29, 1.82) is 0 Å². The van der Waals surface area contributed by atoms with Crippen molar-refractivity contribution in [3.63, 3.8) is 0 Å². The van der Waals surface area contributed by atoms with E-state index in [9.17, 15) is 0 Å². The second-order valence-electron chi connectivity index (χ2n) is 5.03. The Balaban J connectivity index is 1.99. The molecule has 0 bridgehead atoms. The summed E-state index contributed by atoms with van der Waals surface area (Å²) >= 11 is 0. The highest BCUT2D eigenvalue weighted by atomic mass is 31.1. The van der Waals surface area contributed by atoms with E-state index in [0.717, 1.165) is 6.16 Å². The second kappa shape index (κ2) is 6.99. The Kier molecular flexibility index (Phi) is 4.81. The summed E-state index contributed by atoms with van der Waals surface area (Å²) < 4.78 is 0. The predicted octanol–water partition coefficient (Wildman–Crippen LogP) is 3.55. The van der Waals surface area contributed by atoms with Gasteiger partial charge in [-0.05, 0) is 30.2 Å². The number of hydrogen-bond donors (Lipinski definition) is 0. The fraction of sp³-hybridized carbons (Fsp3) is 0.0526. The Morgan fingerprint density at radius 1 is 0.619 bits per heavy atom. The van der Waals surface area contributed by atoms with Gasteiger partial charge < -0.3 is 0 Å². The third-order valence-electron chi connectivity index (χ3n) is 3.58. The quantitative estimate of drug-likeness (QED) is 0.647. The number of rotatable bonds is 4. The van der Waals surface area contributed by atoms with Gasteiger partial charge in [0.2, 0.25) is 0 Å². The summed E-state index contributed by atoms with van der Waals surface area (Å²) in [5.74, 6) is 0. The Morgan fingerprint density at radius 2 is 1.10 bits per heavy atom. The van der Waals surface area contributed by atoms with Crippen molar-refractivity contribution in [3.8, 4) is 0 Å². The maximum absolute atomic E-state index is 2.27. The summed E-state index contributed by atoms with van der Waals surface area (Å²) in [5.41, 5.74) is 1.47. The van der Waals surface area contributed by atoms with E-state index in [4.69, 9.17) is 0 Å². The van der Waals surface area contributed by atoms with E-state index in [0.29, 0.717) is 0 Å². The minimum absolute atomic E-state index is 0.339. The van der Waals surface area contributed by atoms with Gasteiger partial charge in [0, 0.05) is 15.4 Å². The first-order valence-electron chi connectivity index (χ1n) is 7.12. The van der Waals surface area contributed by atoms with Gasteiger partial charge in [0.05, 0.1) is 5.30 Å². The van der Waals surface area contributed by atoms with Crippen molar-refractivity contribution >= 4 is 33.1 Å². The van der Waals surface area contributed by atoms with Gasteiger partial charge in [0.15, 0.2) is 0 Å². The van der Waals surface area contributed by atoms with Crippen LogP contribution in [0, 0.1) is 0 Å². The summed E-state index contributed by atoms with van der Waals surface area (Å²) in [6.45, 7) is 0. The standard InChI is InChI=1S/C19H18P2/c20-19-14-8-7-9-16(19)15-21(17-10-3-1-4-11-17)18-12-5-2-6-13-18/h1-14H,15,20H2/p+1. The molecule has 21 heavy (non-hydrogen) atoms. The van der Waals surface area contributed by atoms with Crippen LogP contribution in [0.1, 0.15) is 5.56 Å². The predicted molar refractivity (Wildman–Crippen MR) is 100.0 cm³/mol. The lowest BCUT2D eigenvalue weighted by Crippen LogP contribution is -2.14. The maximum Gasteiger partial charge on any atom is 0.0900 e. The molecule has 0 N–H and O–H groups in total. The summed E-state index contributed by atoms with van der Waals surface area (Å²) in [6, 6.07) is 30.6. The van der Waals surface area contributed by atoms with Crippen LogP contribution in [-0.4, -0.2) is 0 Å². The van der Waals surface area contributed by atoms with E-state index in [1.165, 1.54) is 21.5 Å². The second-order valence-corrected chi connectivity index (χ2v) is 7.99. The van der Waals surface area contributed by atoms with Crippen LogP contribution in [-0.2, 0) is 6.16 Å². The van der Waals surface area contributed by atoms with E-state index < -0.39 is 0 Å². The van der Waals surface area contributed by atoms with Gasteiger partial charge in [-0.1, -0.05) is 78.9 Å². The minimum Gasteiger partial charge on any atom is -0.0622 e. The van der Waals surface area contributed by atoms with Gasteiger partial charge >= 0.3 is 0 Å². The average molecular weight is 309 g/mol. The number of benzene rings is 3. The van der Waals surface area contributed by atoms with Gasteiger partial charge in [-0.25, -0.2) is 0 Å². The van der Waals surface area contributed by atoms with E-state index in [-0.39, 0.29) is 7.92 Å². The molecule has 0 heterocycles. The minimum atomic E-state index is -0.339. The summed E-state index contributed by atoms with van der Waals surface area (Å²) in [7, 11) is 1.65. The molecule has 3 aromatic rings. The molecule has 0 amide bonds. The largest absolute Gasteiger partial charge is 0.0900 e. The van der Waals surface area contributed by atoms with Gasteiger partial charge in [-0.2, -0.15) is 0 Å². The summed E-state index contributed by atoms with van der Waals surface area (Å²) in [6.07, 6.45) is 1.11. The topological polar surface area (TPSA) is 0 Å². The van der Waals surface area contributed by atoms with Gasteiger partial charge in [-0.3, -0.25) is 0 Å². The van der Waals surface area contributed by atoms with Crippen LogP contribution in [0.25, 0.3) is 0 Å². The normalized spacial score (nSPS) is 10.9. The highest BCUT2D eigenvalue weighted by molar-refractivity contribution is 7.72. The van der Waals surface area contributed by atoms with Crippen molar-refractivity contribution in [1.82, 2.24) is 0 Å². The van der Waals surface area contributed by atoms with Crippen LogP contribution >= 0.6 is 17.2 Å². The Hall–Kier alpha value is -1.48. The van der Waals surface area contributed by atoms with E-state index >= 15 is 0 Å². The fourth-order valence-electron chi connectivity index (χ4n) is 2.43. The molecule has 0 aromatic heterocycles. The zero-order valence-corrected chi connectivity index (χ0v) is 14.3. The zero-order chi connectivity index (χ0) is 14.5. The first-order chi connectivity index (χ1) is 10.3. The molecule has 0 aliphatic rings. The molecule has 0 saturated carbocycles. The Morgan fingerprint density at radius 3 is 1.62 bits per heavy atom. The molecular formula is C19H19P2+. The molecule has 2 heteroatoms. The maximum atomic E-state index is 2.27. The highest BCUT2D eigenvalue weighted by Crippen LogP contribution is 2.37. The van der Waals surface area contributed by atoms with Crippen molar-refractivity contribution < 1.29 is 0 Å². The third-order valence-corrected chi connectivity index (χ3v) is 6.77. The zero-order valence-electron chi connectivity index (χ0n) is 11.9. The molecule has 0 radical (unpaired) electrons. The molecule has 0 aliphatic heterocycles. The lowest BCUT2D eigenvalue weighted by atomic mass is 10.2. The molecular weight excluding hydrogens is 290 g/mol. The van der Waals surface area contributed by atoms with Gasteiger partial charge in [-0.15, -0.1) is 0 Å². The van der Waals surface area contributed by atoms with Crippen molar-refractivity contribution in [2.45, 2.75) is 6.16 Å². The van der Waals surface area contributed by atoms with Gasteiger partial charge in [0.1, 0.15) is 0 Å². The van der Waals surface area contributed by atoms with Crippen LogP contribution < -0.4 is 15.9 Å². The monoisotopic (exact) mass is 309 g/mol. The highest BCUT2D eigenvalue weighted by Gasteiger charge is 2.15. The van der Waals surface area contributed by atoms with Crippen LogP contribution in [0.5, 0.6) is 0 Å². The number of hydrogen-bond acceptors (Lipinski definition) is 0. The molecule has 0 aliphatic carbocycles. The van der Waals surface area contributed by atoms with E-state index in [2.05, 4.69) is 84.9 Å². The molecule has 0 nitrogen and oxygen atoms in total. The summed E-state index contributed by atoms with van der Waals surface area (Å²) in [4.78, 5) is 0. The van der Waals surface area contributed by atoms with E-state index in [1.54, 1.807) is 0 Å². The first kappa shape index (κ1) is 14.5. The molecule has 104 valence electrons. The van der Waals surface area contributed by atoms with Crippen LogP contribution in [0.2, 0.25) is 0 Å². The molecule has 0 saturated heterocycles. The van der Waals surface area contributed by atoms with E-state index in [1.807, 2.05) is 9.24 Å². The molecule has 0 fully saturated rings. The van der Waals surface area contributed by atoms with Crippen molar-refractivity contribution in [2.24, 2.45) is 0 Å². The average Bonchev–Trinajstić information content (AvgIpc) is 2.56. The van der Waals surface area contributed by atoms with Crippen LogP contribution in [0.3, 0.4) is 0 Å². The molecule has 3 rings (SSSR count). The molecule has 3 aromatic carbocycles. The lowest BCUT2D eigenvalue weighted by molar-refractivity contribution is 1.44. The van der Waals surface area contributed by atoms with Crippen LogP contribution in [0.4, 0.5) is 0 Å². The molecule has 1 unspecified atom stereocenters. The Labute approximate surface area is 130 Å². The van der Waals surface area contributed by atoms with Crippen molar-refractivity contribution in [2.75, 3.05) is 0 Å². The van der Waals surface area contributed by atoms with Gasteiger partial charge in [0.25, 0.3) is 0 Å². The fourth-order valence-corrected chi connectivity index (χ4v) is 5.40. The first-order valence-corrected chi connectivity index (χ1v) is 9.35.